The van der Waals surface area contributed by atoms with E-state index in [2.05, 4.69) is 11.4 Å². The molecule has 2 aromatic carbocycles. The second-order valence-corrected chi connectivity index (χ2v) is 4.54. The molecule has 4 nitrogen and oxygen atoms in total. The third-order valence-corrected chi connectivity index (χ3v) is 3.26. The van der Waals surface area contributed by atoms with Crippen LogP contribution in [-0.2, 0) is 0 Å². The first-order valence-corrected chi connectivity index (χ1v) is 6.69. The average Bonchev–Trinajstić information content (AvgIpc) is 2.56. The summed E-state index contributed by atoms with van der Waals surface area (Å²) in [5, 5.41) is 12.6. The van der Waals surface area contributed by atoms with E-state index in [-0.39, 0.29) is 5.92 Å². The Morgan fingerprint density at radius 2 is 1.86 bits per heavy atom. The van der Waals surface area contributed by atoms with Crippen LogP contribution >= 0.6 is 0 Å². The lowest BCUT2D eigenvalue weighted by molar-refractivity contribution is 0.404. The van der Waals surface area contributed by atoms with E-state index in [9.17, 15) is 5.26 Å². The summed E-state index contributed by atoms with van der Waals surface area (Å²) >= 11 is 0. The van der Waals surface area contributed by atoms with Crippen molar-refractivity contribution in [2.45, 2.75) is 5.92 Å². The Morgan fingerprint density at radius 1 is 1.10 bits per heavy atom. The SMILES string of the molecule is COc1ccc(OC)c(NCC(C#N)c2ccccc2)c1. The van der Waals surface area contributed by atoms with Crippen LogP contribution in [0.4, 0.5) is 5.69 Å². The van der Waals surface area contributed by atoms with Gasteiger partial charge in [-0.1, -0.05) is 30.3 Å². The Bertz CT molecular complexity index is 620. The fraction of sp³-hybridized carbons (Fsp3) is 0.235. The van der Waals surface area contributed by atoms with E-state index < -0.39 is 0 Å². The second kappa shape index (κ2) is 7.20. The molecule has 2 aromatic rings. The van der Waals surface area contributed by atoms with Gasteiger partial charge in [0.2, 0.25) is 0 Å². The minimum absolute atomic E-state index is 0.220. The highest BCUT2D eigenvalue weighted by atomic mass is 16.5. The highest BCUT2D eigenvalue weighted by molar-refractivity contribution is 5.60. The normalized spacial score (nSPS) is 11.3. The summed E-state index contributed by atoms with van der Waals surface area (Å²) in [5.74, 6) is 1.24. The molecule has 108 valence electrons. The molecule has 0 fully saturated rings. The van der Waals surface area contributed by atoms with Crippen molar-refractivity contribution in [1.82, 2.24) is 0 Å². The number of hydrogen-bond acceptors (Lipinski definition) is 4. The fourth-order valence-electron chi connectivity index (χ4n) is 2.09. The van der Waals surface area contributed by atoms with E-state index in [4.69, 9.17) is 9.47 Å². The van der Waals surface area contributed by atoms with E-state index in [1.165, 1.54) is 0 Å². The minimum atomic E-state index is -0.220. The van der Waals surface area contributed by atoms with Gasteiger partial charge in [-0.05, 0) is 17.7 Å². The molecule has 0 amide bonds. The van der Waals surface area contributed by atoms with Gasteiger partial charge in [-0.25, -0.2) is 0 Å². The van der Waals surface area contributed by atoms with Crippen molar-refractivity contribution < 1.29 is 9.47 Å². The van der Waals surface area contributed by atoms with Crippen molar-refractivity contribution in [3.8, 4) is 17.6 Å². The number of anilines is 1. The zero-order valence-electron chi connectivity index (χ0n) is 12.2. The van der Waals surface area contributed by atoms with Crippen molar-refractivity contribution in [1.29, 1.82) is 5.26 Å². The maximum absolute atomic E-state index is 9.34. The summed E-state index contributed by atoms with van der Waals surface area (Å²) in [6.45, 7) is 0.504. The molecule has 0 saturated carbocycles. The first kappa shape index (κ1) is 14.7. The van der Waals surface area contributed by atoms with Gasteiger partial charge in [0.25, 0.3) is 0 Å². The first-order chi connectivity index (χ1) is 10.3. The molecule has 0 saturated heterocycles. The van der Waals surface area contributed by atoms with Gasteiger partial charge in [-0.2, -0.15) is 5.26 Å². The Kier molecular flexibility index (Phi) is 5.05. The van der Waals surface area contributed by atoms with Crippen LogP contribution in [0.25, 0.3) is 0 Å². The summed E-state index contributed by atoms with van der Waals surface area (Å²) in [6.07, 6.45) is 0. The van der Waals surface area contributed by atoms with Crippen molar-refractivity contribution in [3.05, 3.63) is 54.1 Å². The maximum atomic E-state index is 9.34. The van der Waals surface area contributed by atoms with Crippen LogP contribution in [0.1, 0.15) is 11.5 Å². The number of nitriles is 1. The molecular weight excluding hydrogens is 264 g/mol. The lowest BCUT2D eigenvalue weighted by Gasteiger charge is -2.15. The zero-order chi connectivity index (χ0) is 15.1. The minimum Gasteiger partial charge on any atom is -0.497 e. The molecule has 2 rings (SSSR count). The molecule has 0 aliphatic carbocycles. The van der Waals surface area contributed by atoms with E-state index in [1.54, 1.807) is 14.2 Å². The number of methoxy groups -OCH3 is 2. The van der Waals surface area contributed by atoms with Gasteiger partial charge in [-0.15, -0.1) is 0 Å². The first-order valence-electron chi connectivity index (χ1n) is 6.69. The molecule has 0 spiro atoms. The maximum Gasteiger partial charge on any atom is 0.142 e. The summed E-state index contributed by atoms with van der Waals surface area (Å²) in [6, 6.07) is 17.6. The molecule has 0 heterocycles. The predicted molar refractivity (Wildman–Crippen MR) is 82.8 cm³/mol. The van der Waals surface area contributed by atoms with Crippen LogP contribution < -0.4 is 14.8 Å². The van der Waals surface area contributed by atoms with Gasteiger partial charge in [0.15, 0.2) is 0 Å². The monoisotopic (exact) mass is 282 g/mol. The largest absolute Gasteiger partial charge is 0.497 e. The number of hydrogen-bond donors (Lipinski definition) is 1. The number of nitrogens with zero attached hydrogens (tertiary/aromatic N) is 1. The summed E-state index contributed by atoms with van der Waals surface area (Å²) < 4.78 is 10.5. The third kappa shape index (κ3) is 3.67. The number of nitrogens with one attached hydrogen (secondary N) is 1. The molecule has 1 atom stereocenters. The van der Waals surface area contributed by atoms with Crippen molar-refractivity contribution in [2.24, 2.45) is 0 Å². The molecule has 0 aromatic heterocycles. The number of rotatable bonds is 6. The van der Waals surface area contributed by atoms with Crippen molar-refractivity contribution in [2.75, 3.05) is 26.1 Å². The van der Waals surface area contributed by atoms with Gasteiger partial charge in [0.1, 0.15) is 11.5 Å². The van der Waals surface area contributed by atoms with Gasteiger partial charge in [0, 0.05) is 12.6 Å². The zero-order valence-corrected chi connectivity index (χ0v) is 12.2. The lowest BCUT2D eigenvalue weighted by Crippen LogP contribution is -2.11. The van der Waals surface area contributed by atoms with Crippen LogP contribution in [0, 0.1) is 11.3 Å². The van der Waals surface area contributed by atoms with Gasteiger partial charge < -0.3 is 14.8 Å². The van der Waals surface area contributed by atoms with E-state index in [0.717, 1.165) is 22.7 Å². The lowest BCUT2D eigenvalue weighted by atomic mass is 10.0. The predicted octanol–water partition coefficient (Wildman–Crippen LogP) is 3.42. The Labute approximate surface area is 124 Å². The van der Waals surface area contributed by atoms with Gasteiger partial charge in [0.05, 0.1) is 31.9 Å². The van der Waals surface area contributed by atoms with Crippen LogP contribution in [0.2, 0.25) is 0 Å². The van der Waals surface area contributed by atoms with E-state index in [1.807, 2.05) is 48.5 Å². The number of benzene rings is 2. The van der Waals surface area contributed by atoms with Crippen LogP contribution in [0.15, 0.2) is 48.5 Å². The average molecular weight is 282 g/mol. The highest BCUT2D eigenvalue weighted by Crippen LogP contribution is 2.29. The molecule has 1 unspecified atom stereocenters. The molecule has 1 N–H and O–H groups in total. The van der Waals surface area contributed by atoms with Crippen molar-refractivity contribution in [3.63, 3.8) is 0 Å². The summed E-state index contributed by atoms with van der Waals surface area (Å²) in [7, 11) is 3.24. The Balaban J connectivity index is 2.13. The Morgan fingerprint density at radius 3 is 2.48 bits per heavy atom. The van der Waals surface area contributed by atoms with E-state index >= 15 is 0 Å². The summed E-state index contributed by atoms with van der Waals surface area (Å²) in [4.78, 5) is 0. The molecular formula is C17H18N2O2. The van der Waals surface area contributed by atoms with Crippen LogP contribution in [-0.4, -0.2) is 20.8 Å². The quantitative estimate of drug-likeness (QED) is 0.882. The second-order valence-electron chi connectivity index (χ2n) is 4.54. The fourth-order valence-corrected chi connectivity index (χ4v) is 2.09. The smallest absolute Gasteiger partial charge is 0.142 e. The molecule has 0 aliphatic rings. The highest BCUT2D eigenvalue weighted by Gasteiger charge is 2.12. The van der Waals surface area contributed by atoms with Crippen LogP contribution in [0.3, 0.4) is 0 Å². The summed E-state index contributed by atoms with van der Waals surface area (Å²) in [5.41, 5.74) is 1.81. The van der Waals surface area contributed by atoms with Crippen LogP contribution in [0.5, 0.6) is 11.5 Å². The number of ether oxygens (including phenoxy) is 2. The molecule has 0 aliphatic heterocycles. The topological polar surface area (TPSA) is 54.3 Å². The third-order valence-electron chi connectivity index (χ3n) is 3.26. The van der Waals surface area contributed by atoms with Gasteiger partial charge in [-0.3, -0.25) is 0 Å². The Hall–Kier alpha value is -2.67. The molecule has 0 radical (unpaired) electrons. The van der Waals surface area contributed by atoms with E-state index in [0.29, 0.717) is 6.54 Å². The standard InChI is InChI=1S/C17H18N2O2/c1-20-15-8-9-17(21-2)16(10-15)19-12-14(11-18)13-6-4-3-5-7-13/h3-10,14,19H,12H2,1-2H3. The molecule has 0 bridgehead atoms. The molecule has 4 heteroatoms. The van der Waals surface area contributed by atoms with Crippen molar-refractivity contribution >= 4 is 5.69 Å². The van der Waals surface area contributed by atoms with Gasteiger partial charge >= 0.3 is 0 Å². The molecule has 21 heavy (non-hydrogen) atoms.